The van der Waals surface area contributed by atoms with Crippen LogP contribution in [0.3, 0.4) is 0 Å². The Balaban J connectivity index is 2.00. The lowest BCUT2D eigenvalue weighted by molar-refractivity contribution is 0.130. The van der Waals surface area contributed by atoms with Crippen LogP contribution in [0.4, 0.5) is 0 Å². The van der Waals surface area contributed by atoms with Crippen molar-refractivity contribution in [3.05, 3.63) is 15.6 Å². The van der Waals surface area contributed by atoms with Crippen LogP contribution in [0.2, 0.25) is 0 Å². The minimum absolute atomic E-state index is 0.0947. The molecule has 2 atom stereocenters. The molecule has 1 aromatic rings. The second-order valence-corrected chi connectivity index (χ2v) is 8.15. The fraction of sp³-hybridized carbons (Fsp3) is 0.824. The van der Waals surface area contributed by atoms with Crippen LogP contribution in [-0.2, 0) is 12.0 Å². The molecule has 4 heteroatoms. The molecule has 3 heterocycles. The number of rotatable bonds is 4. The fourth-order valence-corrected chi connectivity index (χ4v) is 5.48. The highest BCUT2D eigenvalue weighted by molar-refractivity contribution is 7.11. The summed E-state index contributed by atoms with van der Waals surface area (Å²) in [5.74, 6) is 0. The predicted octanol–water partition coefficient (Wildman–Crippen LogP) is 3.47. The quantitative estimate of drug-likeness (QED) is 0.923. The Kier molecular flexibility index (Phi) is 4.40. The highest BCUT2D eigenvalue weighted by Crippen LogP contribution is 2.44. The van der Waals surface area contributed by atoms with Crippen molar-refractivity contribution >= 4 is 11.3 Å². The van der Waals surface area contributed by atoms with Crippen molar-refractivity contribution in [2.45, 2.75) is 77.4 Å². The zero-order valence-corrected chi connectivity index (χ0v) is 14.7. The molecule has 0 radical (unpaired) electrons. The van der Waals surface area contributed by atoms with E-state index in [1.165, 1.54) is 54.4 Å². The minimum atomic E-state index is 0.0947. The molecule has 21 heavy (non-hydrogen) atoms. The summed E-state index contributed by atoms with van der Waals surface area (Å²) in [5.41, 5.74) is 1.39. The zero-order chi connectivity index (χ0) is 15.0. The summed E-state index contributed by atoms with van der Waals surface area (Å²) >= 11 is 1.93. The Morgan fingerprint density at radius 3 is 2.86 bits per heavy atom. The summed E-state index contributed by atoms with van der Waals surface area (Å²) in [4.78, 5) is 9.17. The molecule has 2 aliphatic rings. The summed E-state index contributed by atoms with van der Waals surface area (Å²) in [7, 11) is 0. The van der Waals surface area contributed by atoms with Gasteiger partial charge in [0.05, 0.1) is 11.2 Å². The molecule has 0 amide bonds. The molecule has 2 aliphatic heterocycles. The maximum absolute atomic E-state index is 5.06. The molecule has 0 aliphatic carbocycles. The van der Waals surface area contributed by atoms with E-state index in [9.17, 15) is 0 Å². The Labute approximate surface area is 133 Å². The number of hydrogen-bond acceptors (Lipinski definition) is 4. The van der Waals surface area contributed by atoms with Gasteiger partial charge in [-0.05, 0) is 53.0 Å². The zero-order valence-electron chi connectivity index (χ0n) is 13.9. The molecule has 1 aromatic heterocycles. The largest absolute Gasteiger partial charge is 0.302 e. The van der Waals surface area contributed by atoms with E-state index in [-0.39, 0.29) is 5.54 Å². The van der Waals surface area contributed by atoms with Gasteiger partial charge in [0, 0.05) is 23.5 Å². The molecule has 0 saturated carbocycles. The van der Waals surface area contributed by atoms with Crippen LogP contribution in [0, 0.1) is 6.92 Å². The minimum Gasteiger partial charge on any atom is -0.302 e. The third-order valence-corrected chi connectivity index (χ3v) is 6.32. The second-order valence-electron chi connectivity index (χ2n) is 6.94. The van der Waals surface area contributed by atoms with Crippen molar-refractivity contribution in [2.75, 3.05) is 13.1 Å². The topological polar surface area (TPSA) is 28.2 Å². The number of hydrogen-bond donors (Lipinski definition) is 1. The molecule has 0 spiro atoms. The van der Waals surface area contributed by atoms with Crippen LogP contribution in [0.15, 0.2) is 0 Å². The van der Waals surface area contributed by atoms with E-state index in [0.29, 0.717) is 12.1 Å². The molecule has 1 N–H and O–H groups in total. The highest BCUT2D eigenvalue weighted by Gasteiger charge is 2.51. The molecule has 2 fully saturated rings. The predicted molar refractivity (Wildman–Crippen MR) is 90.0 cm³/mol. The molecule has 3 nitrogen and oxygen atoms in total. The standard InChI is InChI=1S/C17H29N3S/c1-5-14-13(4)21-16(18-14)17(19-12(2)3)9-11-20-10-7-6-8-15(17)20/h12,15,19H,5-11H2,1-4H3. The normalized spacial score (nSPS) is 30.0. The summed E-state index contributed by atoms with van der Waals surface area (Å²) in [5, 5.41) is 5.29. The first kappa shape index (κ1) is 15.4. The van der Waals surface area contributed by atoms with Gasteiger partial charge in [0.2, 0.25) is 0 Å². The maximum Gasteiger partial charge on any atom is 0.115 e. The van der Waals surface area contributed by atoms with Crippen LogP contribution >= 0.6 is 11.3 Å². The number of thiazole rings is 1. The van der Waals surface area contributed by atoms with Crippen LogP contribution in [0.5, 0.6) is 0 Å². The first-order valence-corrected chi connectivity index (χ1v) is 9.37. The van der Waals surface area contributed by atoms with E-state index < -0.39 is 0 Å². The first-order chi connectivity index (χ1) is 10.1. The van der Waals surface area contributed by atoms with Gasteiger partial charge < -0.3 is 5.32 Å². The number of fused-ring (bicyclic) bond motifs is 1. The smallest absolute Gasteiger partial charge is 0.115 e. The Morgan fingerprint density at radius 1 is 1.38 bits per heavy atom. The summed E-state index contributed by atoms with van der Waals surface area (Å²) in [6.07, 6.45) is 6.32. The fourth-order valence-electron chi connectivity index (χ4n) is 4.24. The van der Waals surface area contributed by atoms with Gasteiger partial charge in [-0.25, -0.2) is 4.98 Å². The van der Waals surface area contributed by atoms with Gasteiger partial charge in [0.1, 0.15) is 5.01 Å². The Morgan fingerprint density at radius 2 is 2.19 bits per heavy atom. The monoisotopic (exact) mass is 307 g/mol. The van der Waals surface area contributed by atoms with E-state index in [1.54, 1.807) is 0 Å². The van der Waals surface area contributed by atoms with Crippen molar-refractivity contribution in [2.24, 2.45) is 0 Å². The van der Waals surface area contributed by atoms with E-state index in [1.807, 2.05) is 11.3 Å². The molecule has 2 saturated heterocycles. The van der Waals surface area contributed by atoms with Crippen molar-refractivity contribution in [3.63, 3.8) is 0 Å². The number of aromatic nitrogens is 1. The summed E-state index contributed by atoms with van der Waals surface area (Å²) in [6, 6.07) is 1.14. The van der Waals surface area contributed by atoms with Gasteiger partial charge in [-0.3, -0.25) is 4.90 Å². The molecule has 3 rings (SSSR count). The van der Waals surface area contributed by atoms with Gasteiger partial charge in [0.25, 0.3) is 0 Å². The van der Waals surface area contributed by atoms with E-state index in [2.05, 4.69) is 37.9 Å². The van der Waals surface area contributed by atoms with E-state index in [4.69, 9.17) is 4.98 Å². The van der Waals surface area contributed by atoms with Gasteiger partial charge >= 0.3 is 0 Å². The van der Waals surface area contributed by atoms with Crippen LogP contribution < -0.4 is 5.32 Å². The molecule has 0 bridgehead atoms. The average molecular weight is 308 g/mol. The van der Waals surface area contributed by atoms with Crippen molar-refractivity contribution < 1.29 is 0 Å². The average Bonchev–Trinajstić information content (AvgIpc) is 3.01. The highest BCUT2D eigenvalue weighted by atomic mass is 32.1. The lowest BCUT2D eigenvalue weighted by atomic mass is 9.85. The van der Waals surface area contributed by atoms with Crippen molar-refractivity contribution in [3.8, 4) is 0 Å². The first-order valence-electron chi connectivity index (χ1n) is 8.55. The number of nitrogens with zero attached hydrogens (tertiary/aromatic N) is 2. The van der Waals surface area contributed by atoms with Gasteiger partial charge in [-0.15, -0.1) is 11.3 Å². The third kappa shape index (κ3) is 2.66. The van der Waals surface area contributed by atoms with Crippen LogP contribution in [0.1, 0.15) is 62.0 Å². The molecule has 0 aromatic carbocycles. The molecular weight excluding hydrogens is 278 g/mol. The second kappa shape index (κ2) is 5.98. The number of aryl methyl sites for hydroxylation is 2. The lowest BCUT2D eigenvalue weighted by Crippen LogP contribution is -2.55. The van der Waals surface area contributed by atoms with Crippen molar-refractivity contribution in [1.29, 1.82) is 0 Å². The Bertz CT molecular complexity index is 496. The van der Waals surface area contributed by atoms with Crippen LogP contribution in [-0.4, -0.2) is 35.1 Å². The number of nitrogens with one attached hydrogen (secondary N) is 1. The summed E-state index contributed by atoms with van der Waals surface area (Å²) < 4.78 is 0. The molecular formula is C17H29N3S. The Hall–Kier alpha value is -0.450. The van der Waals surface area contributed by atoms with Gasteiger partial charge in [-0.2, -0.15) is 0 Å². The molecule has 2 unspecified atom stereocenters. The SMILES string of the molecule is CCc1nc(C2(NC(C)C)CCN3CCCCC32)sc1C. The van der Waals surface area contributed by atoms with E-state index in [0.717, 1.165) is 6.42 Å². The summed E-state index contributed by atoms with van der Waals surface area (Å²) in [6.45, 7) is 11.5. The van der Waals surface area contributed by atoms with Crippen molar-refractivity contribution in [1.82, 2.24) is 15.2 Å². The number of piperidine rings is 1. The van der Waals surface area contributed by atoms with E-state index >= 15 is 0 Å². The lowest BCUT2D eigenvalue weighted by Gasteiger charge is -2.41. The molecule has 118 valence electrons. The third-order valence-electron chi connectivity index (χ3n) is 5.13. The maximum atomic E-state index is 5.06. The van der Waals surface area contributed by atoms with Gasteiger partial charge in [-0.1, -0.05) is 13.3 Å². The van der Waals surface area contributed by atoms with Gasteiger partial charge in [0.15, 0.2) is 0 Å². The van der Waals surface area contributed by atoms with Crippen LogP contribution in [0.25, 0.3) is 0 Å².